The summed E-state index contributed by atoms with van der Waals surface area (Å²) in [5.74, 6) is 0.838. The molecule has 0 bridgehead atoms. The number of fused-ring (bicyclic) bond motifs is 1. The lowest BCUT2D eigenvalue weighted by molar-refractivity contribution is 0.0898. The second-order valence-electron chi connectivity index (χ2n) is 8.97. The summed E-state index contributed by atoms with van der Waals surface area (Å²) in [5.41, 5.74) is 5.76. The van der Waals surface area contributed by atoms with Gasteiger partial charge in [-0.25, -0.2) is 0 Å². The van der Waals surface area contributed by atoms with Gasteiger partial charge in [-0.15, -0.1) is 0 Å². The molecule has 1 saturated heterocycles. The first-order chi connectivity index (χ1) is 16.7. The fourth-order valence-corrected chi connectivity index (χ4v) is 5.17. The fraction of sp³-hybridized carbons (Fsp3) is 0.407. The Hall–Kier alpha value is -2.90. The van der Waals surface area contributed by atoms with Gasteiger partial charge in [-0.2, -0.15) is 0 Å². The van der Waals surface area contributed by atoms with Gasteiger partial charge in [-0.05, 0) is 49.5 Å². The standard InChI is InChI=1S/C27H32N4O2S/c1-2-28-27(34)31(18-23-13-8-16-32-23)19-24-25(21-10-4-3-5-11-21)29-33-26(24)30-15-14-20-9-6-7-12-22(20)17-30/h3-7,9-12,23H,2,8,13-19H2,1H3,(H,28,34)/t23-/m0/s1. The minimum absolute atomic E-state index is 0.196. The molecule has 1 aromatic heterocycles. The van der Waals surface area contributed by atoms with Crippen molar-refractivity contribution in [3.63, 3.8) is 0 Å². The van der Waals surface area contributed by atoms with Crippen molar-refractivity contribution in [2.45, 2.75) is 45.4 Å². The second kappa shape index (κ2) is 10.6. The molecule has 6 nitrogen and oxygen atoms in total. The van der Waals surface area contributed by atoms with Crippen molar-refractivity contribution in [2.24, 2.45) is 0 Å². The van der Waals surface area contributed by atoms with E-state index in [2.05, 4.69) is 63.6 Å². The van der Waals surface area contributed by atoms with Gasteiger partial charge in [0.2, 0.25) is 5.88 Å². The smallest absolute Gasteiger partial charge is 0.233 e. The van der Waals surface area contributed by atoms with Gasteiger partial charge in [0.25, 0.3) is 0 Å². The van der Waals surface area contributed by atoms with Crippen molar-refractivity contribution < 1.29 is 9.26 Å². The second-order valence-corrected chi connectivity index (χ2v) is 9.36. The van der Waals surface area contributed by atoms with E-state index in [1.807, 2.05) is 18.2 Å². The lowest BCUT2D eigenvalue weighted by Crippen LogP contribution is -2.43. The lowest BCUT2D eigenvalue weighted by atomic mass is 9.99. The molecule has 0 aliphatic carbocycles. The molecule has 178 valence electrons. The molecule has 2 aliphatic heterocycles. The minimum atomic E-state index is 0.196. The number of anilines is 1. The summed E-state index contributed by atoms with van der Waals surface area (Å²) in [6, 6.07) is 18.9. The first-order valence-electron chi connectivity index (χ1n) is 12.2. The van der Waals surface area contributed by atoms with E-state index in [4.69, 9.17) is 21.5 Å². The van der Waals surface area contributed by atoms with E-state index in [0.29, 0.717) is 6.54 Å². The number of hydrogen-bond donors (Lipinski definition) is 1. The fourth-order valence-electron chi connectivity index (χ4n) is 4.89. The quantitative estimate of drug-likeness (QED) is 0.493. The number of aromatic nitrogens is 1. The normalized spacial score (nSPS) is 17.4. The van der Waals surface area contributed by atoms with Crippen LogP contribution in [0.4, 0.5) is 5.88 Å². The molecule has 5 rings (SSSR count). The Labute approximate surface area is 206 Å². The molecule has 0 spiro atoms. The largest absolute Gasteiger partial charge is 0.376 e. The number of nitrogens with one attached hydrogen (secondary N) is 1. The van der Waals surface area contributed by atoms with Crippen LogP contribution in [0.2, 0.25) is 0 Å². The summed E-state index contributed by atoms with van der Waals surface area (Å²) < 4.78 is 12.0. The highest BCUT2D eigenvalue weighted by Crippen LogP contribution is 2.35. The van der Waals surface area contributed by atoms with Gasteiger partial charge < -0.3 is 24.4 Å². The SMILES string of the molecule is CCNC(=S)N(Cc1c(-c2ccccc2)noc1N1CCc2ccccc2C1)C[C@@H]1CCCO1. The molecule has 0 radical (unpaired) electrons. The van der Waals surface area contributed by atoms with Gasteiger partial charge in [0.05, 0.1) is 18.2 Å². The average Bonchev–Trinajstić information content (AvgIpc) is 3.54. The van der Waals surface area contributed by atoms with Crippen LogP contribution < -0.4 is 10.2 Å². The van der Waals surface area contributed by atoms with Crippen LogP contribution in [0, 0.1) is 0 Å². The van der Waals surface area contributed by atoms with Crippen molar-refractivity contribution in [3.8, 4) is 11.3 Å². The number of hydrogen-bond acceptors (Lipinski definition) is 5. The van der Waals surface area contributed by atoms with E-state index in [9.17, 15) is 0 Å². The van der Waals surface area contributed by atoms with Crippen molar-refractivity contribution in [2.75, 3.05) is 31.1 Å². The number of ether oxygens (including phenoxy) is 1. The van der Waals surface area contributed by atoms with Crippen LogP contribution in [-0.2, 0) is 24.2 Å². The molecular weight excluding hydrogens is 444 g/mol. The Kier molecular flexibility index (Phi) is 7.11. The predicted octanol–water partition coefficient (Wildman–Crippen LogP) is 4.78. The van der Waals surface area contributed by atoms with Crippen molar-refractivity contribution >= 4 is 23.2 Å². The van der Waals surface area contributed by atoms with E-state index in [0.717, 1.165) is 79.9 Å². The molecule has 0 amide bonds. The Morgan fingerprint density at radius 2 is 1.94 bits per heavy atom. The lowest BCUT2D eigenvalue weighted by Gasteiger charge is -2.31. The topological polar surface area (TPSA) is 53.8 Å². The zero-order valence-corrected chi connectivity index (χ0v) is 20.5. The molecule has 0 unspecified atom stereocenters. The van der Waals surface area contributed by atoms with Crippen molar-refractivity contribution in [1.29, 1.82) is 0 Å². The molecule has 7 heteroatoms. The maximum atomic E-state index is 6.07. The van der Waals surface area contributed by atoms with Crippen LogP contribution in [0.15, 0.2) is 59.1 Å². The predicted molar refractivity (Wildman–Crippen MR) is 139 cm³/mol. The highest BCUT2D eigenvalue weighted by molar-refractivity contribution is 7.80. The Morgan fingerprint density at radius 1 is 1.15 bits per heavy atom. The van der Waals surface area contributed by atoms with Gasteiger partial charge in [-0.1, -0.05) is 59.8 Å². The number of nitrogens with zero attached hydrogens (tertiary/aromatic N) is 3. The van der Waals surface area contributed by atoms with E-state index in [1.54, 1.807) is 0 Å². The third kappa shape index (κ3) is 4.95. The summed E-state index contributed by atoms with van der Waals surface area (Å²) in [7, 11) is 0. The molecular formula is C27H32N4O2S. The first kappa shape index (κ1) is 22.9. The summed E-state index contributed by atoms with van der Waals surface area (Å²) in [4.78, 5) is 4.53. The highest BCUT2D eigenvalue weighted by atomic mass is 32.1. The molecule has 0 saturated carbocycles. The summed E-state index contributed by atoms with van der Waals surface area (Å²) in [6.45, 7) is 6.77. The number of thiocarbonyl (C=S) groups is 1. The van der Waals surface area contributed by atoms with Gasteiger partial charge >= 0.3 is 0 Å². The maximum Gasteiger partial charge on any atom is 0.233 e. The highest BCUT2D eigenvalue weighted by Gasteiger charge is 2.29. The molecule has 1 atom stereocenters. The molecule has 1 N–H and O–H groups in total. The number of benzene rings is 2. The van der Waals surface area contributed by atoms with Gasteiger partial charge in [0.15, 0.2) is 5.11 Å². The first-order valence-corrected chi connectivity index (χ1v) is 12.6. The Bertz CT molecular complexity index is 1110. The van der Waals surface area contributed by atoms with Crippen LogP contribution in [0.25, 0.3) is 11.3 Å². The van der Waals surface area contributed by atoms with E-state index in [-0.39, 0.29) is 6.10 Å². The van der Waals surface area contributed by atoms with Gasteiger partial charge in [-0.3, -0.25) is 0 Å². The maximum absolute atomic E-state index is 6.07. The van der Waals surface area contributed by atoms with Crippen LogP contribution >= 0.6 is 12.2 Å². The average molecular weight is 477 g/mol. The van der Waals surface area contributed by atoms with Gasteiger partial charge in [0, 0.05) is 38.3 Å². The molecule has 34 heavy (non-hydrogen) atoms. The Morgan fingerprint density at radius 3 is 2.71 bits per heavy atom. The zero-order valence-electron chi connectivity index (χ0n) is 19.7. The van der Waals surface area contributed by atoms with Gasteiger partial charge in [0.1, 0.15) is 5.69 Å². The van der Waals surface area contributed by atoms with Crippen LogP contribution in [0.5, 0.6) is 0 Å². The summed E-state index contributed by atoms with van der Waals surface area (Å²) in [5, 5.41) is 8.65. The van der Waals surface area contributed by atoms with Crippen molar-refractivity contribution in [1.82, 2.24) is 15.4 Å². The third-order valence-corrected chi connectivity index (χ3v) is 7.05. The summed E-state index contributed by atoms with van der Waals surface area (Å²) in [6.07, 6.45) is 3.36. The molecule has 2 aromatic carbocycles. The minimum Gasteiger partial charge on any atom is -0.376 e. The molecule has 1 fully saturated rings. The van der Waals surface area contributed by atoms with E-state index < -0.39 is 0 Å². The molecule has 3 heterocycles. The van der Waals surface area contributed by atoms with Crippen molar-refractivity contribution in [3.05, 3.63) is 71.3 Å². The van der Waals surface area contributed by atoms with Crippen LogP contribution in [-0.4, -0.2) is 47.5 Å². The molecule has 3 aromatic rings. The number of rotatable bonds is 7. The molecule has 2 aliphatic rings. The zero-order chi connectivity index (χ0) is 23.3. The third-order valence-electron chi connectivity index (χ3n) is 6.64. The van der Waals surface area contributed by atoms with Crippen LogP contribution in [0.1, 0.15) is 36.5 Å². The van der Waals surface area contributed by atoms with E-state index >= 15 is 0 Å². The van der Waals surface area contributed by atoms with E-state index in [1.165, 1.54) is 11.1 Å². The van der Waals surface area contributed by atoms with Crippen LogP contribution in [0.3, 0.4) is 0 Å². The summed E-state index contributed by atoms with van der Waals surface area (Å²) >= 11 is 5.79. The monoisotopic (exact) mass is 476 g/mol. The Balaban J connectivity index is 1.49.